The van der Waals surface area contributed by atoms with Crippen molar-refractivity contribution < 1.29 is 9.59 Å². The third-order valence-electron chi connectivity index (χ3n) is 3.80. The molecule has 1 aliphatic rings. The van der Waals surface area contributed by atoms with Crippen molar-refractivity contribution in [3.8, 4) is 0 Å². The lowest BCUT2D eigenvalue weighted by Gasteiger charge is -2.19. The van der Waals surface area contributed by atoms with Crippen molar-refractivity contribution in [1.29, 1.82) is 0 Å². The van der Waals surface area contributed by atoms with Crippen LogP contribution in [-0.4, -0.2) is 40.2 Å². The fourth-order valence-corrected chi connectivity index (χ4v) is 3.57. The van der Waals surface area contributed by atoms with Crippen LogP contribution < -0.4 is 5.32 Å². The normalized spacial score (nSPS) is 17.1. The first-order valence-electron chi connectivity index (χ1n) is 7.85. The van der Waals surface area contributed by atoms with E-state index in [1.54, 1.807) is 0 Å². The van der Waals surface area contributed by atoms with Crippen molar-refractivity contribution in [3.63, 3.8) is 0 Å². The van der Waals surface area contributed by atoms with Crippen molar-refractivity contribution in [2.75, 3.05) is 18.4 Å². The highest BCUT2D eigenvalue weighted by atomic mass is 32.2. The summed E-state index contributed by atoms with van der Waals surface area (Å²) in [5.74, 6) is -0.367. The van der Waals surface area contributed by atoms with E-state index in [-0.39, 0.29) is 18.2 Å². The van der Waals surface area contributed by atoms with Gasteiger partial charge in [0.25, 0.3) is 5.91 Å². The summed E-state index contributed by atoms with van der Waals surface area (Å²) in [4.78, 5) is 30.4. The average Bonchev–Trinajstić information content (AvgIpc) is 2.85. The molecule has 1 aliphatic heterocycles. The molecule has 2 amide bonds. The van der Waals surface area contributed by atoms with E-state index >= 15 is 0 Å². The average molecular weight is 333 g/mol. The van der Waals surface area contributed by atoms with E-state index in [1.165, 1.54) is 11.8 Å². The lowest BCUT2D eigenvalue weighted by Crippen LogP contribution is -2.28. The molecular formula is C17H23N3O2S. The molecule has 0 saturated heterocycles. The van der Waals surface area contributed by atoms with Gasteiger partial charge in [-0.1, -0.05) is 23.9 Å². The van der Waals surface area contributed by atoms with Gasteiger partial charge in [-0.2, -0.15) is 4.99 Å². The number of amidine groups is 1. The van der Waals surface area contributed by atoms with Crippen molar-refractivity contribution in [1.82, 2.24) is 4.90 Å². The first-order valence-corrected chi connectivity index (χ1v) is 8.73. The van der Waals surface area contributed by atoms with E-state index in [0.29, 0.717) is 0 Å². The van der Waals surface area contributed by atoms with Gasteiger partial charge < -0.3 is 10.2 Å². The third-order valence-corrected chi connectivity index (χ3v) is 5.01. The molecule has 0 aliphatic carbocycles. The number of benzene rings is 1. The van der Waals surface area contributed by atoms with Crippen LogP contribution in [0.25, 0.3) is 0 Å². The maximum absolute atomic E-state index is 12.3. The number of amides is 2. The highest BCUT2D eigenvalue weighted by Gasteiger charge is 2.32. The first-order chi connectivity index (χ1) is 10.9. The van der Waals surface area contributed by atoms with Gasteiger partial charge in [-0.15, -0.1) is 0 Å². The Morgan fingerprint density at radius 1 is 1.30 bits per heavy atom. The lowest BCUT2D eigenvalue weighted by atomic mass is 10.1. The quantitative estimate of drug-likeness (QED) is 0.900. The molecule has 6 heteroatoms. The maximum atomic E-state index is 12.3. The fraction of sp³-hybridized carbons (Fsp3) is 0.471. The van der Waals surface area contributed by atoms with E-state index in [9.17, 15) is 9.59 Å². The fourth-order valence-electron chi connectivity index (χ4n) is 2.38. The van der Waals surface area contributed by atoms with Crippen molar-refractivity contribution in [2.24, 2.45) is 4.99 Å². The van der Waals surface area contributed by atoms with E-state index in [1.807, 2.05) is 50.8 Å². The van der Waals surface area contributed by atoms with Gasteiger partial charge in [-0.3, -0.25) is 9.59 Å². The number of nitrogens with zero attached hydrogens (tertiary/aromatic N) is 2. The summed E-state index contributed by atoms with van der Waals surface area (Å²) in [6.45, 7) is 9.59. The topological polar surface area (TPSA) is 61.8 Å². The number of carbonyl (C=O) groups is 2. The third kappa shape index (κ3) is 4.34. The van der Waals surface area contributed by atoms with Gasteiger partial charge in [0, 0.05) is 25.2 Å². The zero-order chi connectivity index (χ0) is 17.0. The molecule has 1 aromatic carbocycles. The largest absolute Gasteiger partial charge is 0.352 e. The van der Waals surface area contributed by atoms with Crippen molar-refractivity contribution in [3.05, 3.63) is 29.3 Å². The summed E-state index contributed by atoms with van der Waals surface area (Å²) in [6.07, 6.45) is 0.144. The molecule has 0 radical (unpaired) electrons. The van der Waals surface area contributed by atoms with Crippen LogP contribution in [0.2, 0.25) is 0 Å². The number of hydrogen-bond acceptors (Lipinski definition) is 4. The molecule has 1 heterocycles. The molecule has 124 valence electrons. The molecule has 0 fully saturated rings. The van der Waals surface area contributed by atoms with Gasteiger partial charge >= 0.3 is 0 Å². The second kappa shape index (κ2) is 7.64. The Kier molecular flexibility index (Phi) is 5.82. The minimum Gasteiger partial charge on any atom is -0.352 e. The summed E-state index contributed by atoms with van der Waals surface area (Å²) in [7, 11) is 0. The van der Waals surface area contributed by atoms with E-state index in [0.717, 1.165) is 35.1 Å². The molecular weight excluding hydrogens is 310 g/mol. The van der Waals surface area contributed by atoms with E-state index in [2.05, 4.69) is 10.3 Å². The van der Waals surface area contributed by atoms with Crippen molar-refractivity contribution in [2.45, 2.75) is 39.4 Å². The zero-order valence-corrected chi connectivity index (χ0v) is 14.9. The Labute approximate surface area is 141 Å². The molecule has 0 spiro atoms. The number of carbonyl (C=O) groups excluding carboxylic acids is 2. The van der Waals surface area contributed by atoms with Gasteiger partial charge in [0.2, 0.25) is 5.91 Å². The molecule has 2 rings (SSSR count). The second-order valence-corrected chi connectivity index (χ2v) is 6.75. The van der Waals surface area contributed by atoms with Gasteiger partial charge in [0.05, 0.1) is 0 Å². The summed E-state index contributed by atoms with van der Waals surface area (Å²) < 4.78 is 0. The predicted octanol–water partition coefficient (Wildman–Crippen LogP) is 2.97. The summed E-state index contributed by atoms with van der Waals surface area (Å²) in [5.41, 5.74) is 2.90. The summed E-state index contributed by atoms with van der Waals surface area (Å²) in [5, 5.41) is 3.21. The Bertz CT molecular complexity index is 639. The second-order valence-electron chi connectivity index (χ2n) is 5.58. The maximum Gasteiger partial charge on any atom is 0.262 e. The zero-order valence-electron chi connectivity index (χ0n) is 14.0. The van der Waals surface area contributed by atoms with Crippen LogP contribution in [0.3, 0.4) is 0 Å². The monoisotopic (exact) mass is 333 g/mol. The molecule has 23 heavy (non-hydrogen) atoms. The highest BCUT2D eigenvalue weighted by Crippen LogP contribution is 2.27. The van der Waals surface area contributed by atoms with Crippen LogP contribution in [0.15, 0.2) is 23.2 Å². The summed E-state index contributed by atoms with van der Waals surface area (Å²) >= 11 is 1.39. The Hall–Kier alpha value is -1.82. The minimum atomic E-state index is -0.421. The van der Waals surface area contributed by atoms with Gasteiger partial charge in [-0.05, 0) is 44.9 Å². The van der Waals surface area contributed by atoms with Crippen LogP contribution >= 0.6 is 11.8 Å². The van der Waals surface area contributed by atoms with Gasteiger partial charge in [-0.25, -0.2) is 0 Å². The molecule has 0 aromatic heterocycles. The first kappa shape index (κ1) is 17.5. The molecule has 0 saturated carbocycles. The number of nitrogens with one attached hydrogen (secondary N) is 1. The van der Waals surface area contributed by atoms with Crippen LogP contribution in [0, 0.1) is 13.8 Å². The summed E-state index contributed by atoms with van der Waals surface area (Å²) in [6, 6.07) is 5.92. The van der Waals surface area contributed by atoms with E-state index < -0.39 is 5.25 Å². The Balaban J connectivity index is 1.97. The lowest BCUT2D eigenvalue weighted by molar-refractivity contribution is -0.121. The standard InChI is InChI=1S/C17H23N3O2S/c1-5-20(6-2)17-19-16(22)14(23-17)10-15(21)18-13-9-11(3)7-8-12(13)4/h7-9,14H,5-6,10H2,1-4H3,(H,18,21)/t14-/m1/s1. The molecule has 1 atom stereocenters. The van der Waals surface area contributed by atoms with Crippen LogP contribution in [-0.2, 0) is 9.59 Å². The number of rotatable bonds is 5. The van der Waals surface area contributed by atoms with Gasteiger partial charge in [0.1, 0.15) is 5.25 Å². The molecule has 5 nitrogen and oxygen atoms in total. The molecule has 1 aromatic rings. The number of hydrogen-bond donors (Lipinski definition) is 1. The van der Waals surface area contributed by atoms with E-state index in [4.69, 9.17) is 0 Å². The van der Waals surface area contributed by atoms with Crippen LogP contribution in [0.4, 0.5) is 5.69 Å². The van der Waals surface area contributed by atoms with Crippen LogP contribution in [0.5, 0.6) is 0 Å². The number of aliphatic imine (C=N–C) groups is 1. The smallest absolute Gasteiger partial charge is 0.262 e. The number of anilines is 1. The highest BCUT2D eigenvalue weighted by molar-refractivity contribution is 8.15. The van der Waals surface area contributed by atoms with Crippen LogP contribution in [0.1, 0.15) is 31.4 Å². The minimum absolute atomic E-state index is 0.144. The Morgan fingerprint density at radius 2 is 2.00 bits per heavy atom. The SMILES string of the molecule is CCN(CC)C1=NC(=O)[C@@H](CC(=O)Nc2cc(C)ccc2C)S1. The predicted molar refractivity (Wildman–Crippen MR) is 95.9 cm³/mol. The number of thioether (sulfide) groups is 1. The molecule has 1 N–H and O–H groups in total. The Morgan fingerprint density at radius 3 is 2.65 bits per heavy atom. The number of aryl methyl sites for hydroxylation is 2. The molecule has 0 unspecified atom stereocenters. The van der Waals surface area contributed by atoms with Gasteiger partial charge in [0.15, 0.2) is 5.17 Å². The van der Waals surface area contributed by atoms with Crippen molar-refractivity contribution >= 4 is 34.4 Å². The molecule has 0 bridgehead atoms.